The second-order valence-electron chi connectivity index (χ2n) is 8.21. The topological polar surface area (TPSA) is 49.4 Å². The molecule has 0 unspecified atom stereocenters. The van der Waals surface area contributed by atoms with Gasteiger partial charge in [0.1, 0.15) is 6.04 Å². The van der Waals surface area contributed by atoms with Gasteiger partial charge in [0.25, 0.3) is 0 Å². The number of unbranched alkanes of at least 4 members (excludes halogenated alkanes) is 1. The molecule has 3 aromatic rings. The van der Waals surface area contributed by atoms with Crippen LogP contribution in [0, 0.1) is 0 Å². The van der Waals surface area contributed by atoms with Crippen LogP contribution in [0.2, 0.25) is 0 Å². The van der Waals surface area contributed by atoms with Crippen molar-refractivity contribution in [3.63, 3.8) is 0 Å². The SMILES string of the molecule is CCCCNC(=O)[C@@H](CC)N(Cc1ccccc1)C(=O)CCc1cccc2ccccc12. The normalized spacial score (nSPS) is 11.8. The maximum Gasteiger partial charge on any atom is 0.242 e. The Bertz CT molecular complexity index is 1010. The first-order valence-electron chi connectivity index (χ1n) is 11.7. The van der Waals surface area contributed by atoms with Gasteiger partial charge in [-0.2, -0.15) is 0 Å². The van der Waals surface area contributed by atoms with Gasteiger partial charge in [-0.15, -0.1) is 0 Å². The average molecular weight is 431 g/mol. The van der Waals surface area contributed by atoms with Gasteiger partial charge >= 0.3 is 0 Å². The molecule has 0 aromatic heterocycles. The lowest BCUT2D eigenvalue weighted by atomic mass is 10.00. The molecule has 2 amide bonds. The summed E-state index contributed by atoms with van der Waals surface area (Å²) < 4.78 is 0. The van der Waals surface area contributed by atoms with Crippen molar-refractivity contribution < 1.29 is 9.59 Å². The summed E-state index contributed by atoms with van der Waals surface area (Å²) in [5.74, 6) is -0.0466. The summed E-state index contributed by atoms with van der Waals surface area (Å²) in [6.45, 7) is 5.16. The van der Waals surface area contributed by atoms with E-state index in [9.17, 15) is 9.59 Å². The molecule has 168 valence electrons. The fourth-order valence-corrected chi connectivity index (χ4v) is 4.10. The van der Waals surface area contributed by atoms with Gasteiger partial charge in [-0.3, -0.25) is 9.59 Å². The third kappa shape index (κ3) is 6.19. The molecule has 3 rings (SSSR count). The maximum absolute atomic E-state index is 13.4. The van der Waals surface area contributed by atoms with Crippen LogP contribution in [0.1, 0.15) is 50.7 Å². The Morgan fingerprint density at radius 2 is 1.62 bits per heavy atom. The van der Waals surface area contributed by atoms with Crippen LogP contribution in [0.25, 0.3) is 10.8 Å². The van der Waals surface area contributed by atoms with E-state index in [0.717, 1.165) is 24.0 Å². The molecule has 0 fully saturated rings. The highest BCUT2D eigenvalue weighted by Gasteiger charge is 2.28. The summed E-state index contributed by atoms with van der Waals surface area (Å²) in [5, 5.41) is 5.38. The van der Waals surface area contributed by atoms with Crippen molar-refractivity contribution in [3.8, 4) is 0 Å². The Hall–Kier alpha value is -3.14. The fourth-order valence-electron chi connectivity index (χ4n) is 4.10. The molecule has 0 aliphatic rings. The van der Waals surface area contributed by atoms with Crippen molar-refractivity contribution in [2.45, 2.75) is 58.5 Å². The van der Waals surface area contributed by atoms with Crippen LogP contribution in [0.15, 0.2) is 72.8 Å². The smallest absolute Gasteiger partial charge is 0.242 e. The highest BCUT2D eigenvalue weighted by atomic mass is 16.2. The molecule has 32 heavy (non-hydrogen) atoms. The third-order valence-corrected chi connectivity index (χ3v) is 5.90. The van der Waals surface area contributed by atoms with Crippen LogP contribution in [0.3, 0.4) is 0 Å². The Morgan fingerprint density at radius 1 is 0.906 bits per heavy atom. The molecular weight excluding hydrogens is 396 g/mol. The number of benzene rings is 3. The van der Waals surface area contributed by atoms with Gasteiger partial charge in [0.05, 0.1) is 0 Å². The van der Waals surface area contributed by atoms with Crippen LogP contribution in [0.4, 0.5) is 0 Å². The van der Waals surface area contributed by atoms with Gasteiger partial charge in [0.2, 0.25) is 11.8 Å². The zero-order valence-corrected chi connectivity index (χ0v) is 19.2. The minimum absolute atomic E-state index is 0.0132. The molecule has 0 radical (unpaired) electrons. The van der Waals surface area contributed by atoms with Gasteiger partial charge in [-0.25, -0.2) is 0 Å². The van der Waals surface area contributed by atoms with Crippen LogP contribution in [0.5, 0.6) is 0 Å². The monoisotopic (exact) mass is 430 g/mol. The van der Waals surface area contributed by atoms with Crippen LogP contribution >= 0.6 is 0 Å². The number of nitrogens with zero attached hydrogens (tertiary/aromatic N) is 1. The third-order valence-electron chi connectivity index (χ3n) is 5.90. The first-order valence-corrected chi connectivity index (χ1v) is 11.7. The predicted molar refractivity (Wildman–Crippen MR) is 131 cm³/mol. The molecule has 0 spiro atoms. The number of fused-ring (bicyclic) bond motifs is 1. The van der Waals surface area contributed by atoms with E-state index in [0.29, 0.717) is 32.4 Å². The molecule has 0 aliphatic heterocycles. The van der Waals surface area contributed by atoms with Crippen molar-refractivity contribution in [1.82, 2.24) is 10.2 Å². The average Bonchev–Trinajstić information content (AvgIpc) is 2.83. The van der Waals surface area contributed by atoms with Gasteiger partial charge < -0.3 is 10.2 Å². The molecule has 0 heterocycles. The summed E-state index contributed by atoms with van der Waals surface area (Å²) in [6.07, 6.45) is 3.58. The molecule has 0 aliphatic carbocycles. The number of carbonyl (C=O) groups is 2. The molecule has 3 aromatic carbocycles. The number of amides is 2. The Labute approximate surface area is 191 Å². The number of carbonyl (C=O) groups excluding carboxylic acids is 2. The van der Waals surface area contributed by atoms with Gasteiger partial charge in [0, 0.05) is 19.5 Å². The molecule has 0 saturated carbocycles. The molecule has 1 atom stereocenters. The zero-order valence-electron chi connectivity index (χ0n) is 19.2. The van der Waals surface area contributed by atoms with Gasteiger partial charge in [0.15, 0.2) is 0 Å². The molecule has 0 bridgehead atoms. The Kier molecular flexibility index (Phi) is 8.85. The van der Waals surface area contributed by atoms with Gasteiger partial charge in [-0.1, -0.05) is 93.1 Å². The summed E-state index contributed by atoms with van der Waals surface area (Å²) in [4.78, 5) is 28.1. The second kappa shape index (κ2) is 12.0. The Balaban J connectivity index is 1.78. The highest BCUT2D eigenvalue weighted by Crippen LogP contribution is 2.21. The maximum atomic E-state index is 13.4. The quantitative estimate of drug-likeness (QED) is 0.409. The van der Waals surface area contributed by atoms with Crippen LogP contribution in [-0.4, -0.2) is 29.3 Å². The number of aryl methyl sites for hydroxylation is 1. The minimum Gasteiger partial charge on any atom is -0.354 e. The first kappa shape index (κ1) is 23.5. The number of nitrogens with one attached hydrogen (secondary N) is 1. The number of hydrogen-bond acceptors (Lipinski definition) is 2. The summed E-state index contributed by atoms with van der Waals surface area (Å²) >= 11 is 0. The van der Waals surface area contributed by atoms with Crippen molar-refractivity contribution >= 4 is 22.6 Å². The predicted octanol–water partition coefficient (Wildman–Crippen LogP) is 5.50. The van der Waals surface area contributed by atoms with E-state index in [4.69, 9.17) is 0 Å². The van der Waals surface area contributed by atoms with Crippen LogP contribution < -0.4 is 5.32 Å². The van der Waals surface area contributed by atoms with E-state index in [1.807, 2.05) is 55.5 Å². The van der Waals surface area contributed by atoms with E-state index in [1.165, 1.54) is 10.8 Å². The molecule has 0 saturated heterocycles. The number of hydrogen-bond donors (Lipinski definition) is 1. The lowest BCUT2D eigenvalue weighted by molar-refractivity contribution is -0.141. The lowest BCUT2D eigenvalue weighted by Gasteiger charge is -2.31. The lowest BCUT2D eigenvalue weighted by Crippen LogP contribution is -2.49. The zero-order chi connectivity index (χ0) is 22.8. The summed E-state index contributed by atoms with van der Waals surface area (Å²) in [5.41, 5.74) is 2.20. The fraction of sp³-hybridized carbons (Fsp3) is 0.357. The van der Waals surface area contributed by atoms with Crippen molar-refractivity contribution in [3.05, 3.63) is 83.9 Å². The van der Waals surface area contributed by atoms with Crippen LogP contribution in [-0.2, 0) is 22.6 Å². The van der Waals surface area contributed by atoms with E-state index < -0.39 is 6.04 Å². The molecule has 1 N–H and O–H groups in total. The second-order valence-corrected chi connectivity index (χ2v) is 8.21. The summed E-state index contributed by atoms with van der Waals surface area (Å²) in [6, 6.07) is 23.9. The van der Waals surface area contributed by atoms with Crippen molar-refractivity contribution in [2.24, 2.45) is 0 Å². The van der Waals surface area contributed by atoms with E-state index >= 15 is 0 Å². The molecular formula is C28H34N2O2. The van der Waals surface area contributed by atoms with Crippen molar-refractivity contribution in [1.29, 1.82) is 0 Å². The molecule has 4 nitrogen and oxygen atoms in total. The van der Waals surface area contributed by atoms with E-state index in [2.05, 4.69) is 36.5 Å². The number of rotatable bonds is 11. The molecule has 4 heteroatoms. The van der Waals surface area contributed by atoms with E-state index in [1.54, 1.807) is 4.90 Å². The van der Waals surface area contributed by atoms with Gasteiger partial charge in [-0.05, 0) is 41.2 Å². The summed E-state index contributed by atoms with van der Waals surface area (Å²) in [7, 11) is 0. The minimum atomic E-state index is -0.466. The standard InChI is InChI=1S/C28H34N2O2/c1-3-5-20-29-28(32)26(4-2)30(21-22-12-7-6-8-13-22)27(31)19-18-24-16-11-15-23-14-9-10-17-25(23)24/h6-17,26H,3-5,18-21H2,1-2H3,(H,29,32)/t26-/m1/s1. The van der Waals surface area contributed by atoms with Crippen molar-refractivity contribution in [2.75, 3.05) is 6.54 Å². The highest BCUT2D eigenvalue weighted by molar-refractivity contribution is 5.89. The van der Waals surface area contributed by atoms with E-state index in [-0.39, 0.29) is 11.8 Å². The Morgan fingerprint density at radius 3 is 2.38 bits per heavy atom. The first-order chi connectivity index (χ1) is 15.6. The largest absolute Gasteiger partial charge is 0.354 e.